The molecule has 96 valence electrons. The maximum atomic E-state index is 9.70. The van der Waals surface area contributed by atoms with E-state index in [0.29, 0.717) is 13.2 Å². The van der Waals surface area contributed by atoms with Gasteiger partial charge in [-0.1, -0.05) is 19.1 Å². The monoisotopic (exact) mass is 237 g/mol. The lowest BCUT2D eigenvalue weighted by atomic mass is 10.1. The highest BCUT2D eigenvalue weighted by molar-refractivity contribution is 5.45. The van der Waals surface area contributed by atoms with E-state index in [1.165, 1.54) is 5.56 Å². The Hall–Kier alpha value is -1.06. The van der Waals surface area contributed by atoms with Gasteiger partial charge < -0.3 is 15.2 Å². The molecule has 0 saturated heterocycles. The number of hydrogen-bond acceptors (Lipinski definition) is 3. The molecule has 3 heteroatoms. The third-order valence-electron chi connectivity index (χ3n) is 2.50. The Labute approximate surface area is 104 Å². The molecule has 0 aliphatic heterocycles. The van der Waals surface area contributed by atoms with Crippen LogP contribution in [-0.4, -0.2) is 30.5 Å². The summed E-state index contributed by atoms with van der Waals surface area (Å²) in [7, 11) is 0. The Bertz CT molecular complexity index is 326. The number of anilines is 1. The molecule has 0 heterocycles. The van der Waals surface area contributed by atoms with E-state index in [4.69, 9.17) is 4.74 Å². The van der Waals surface area contributed by atoms with E-state index in [1.807, 2.05) is 26.0 Å². The van der Waals surface area contributed by atoms with Gasteiger partial charge in [0.2, 0.25) is 0 Å². The molecule has 0 radical (unpaired) electrons. The van der Waals surface area contributed by atoms with E-state index in [-0.39, 0.29) is 6.10 Å². The first-order valence-electron chi connectivity index (χ1n) is 6.24. The van der Waals surface area contributed by atoms with Gasteiger partial charge in [0, 0.05) is 12.2 Å². The molecule has 0 aromatic heterocycles. The van der Waals surface area contributed by atoms with Gasteiger partial charge in [0.1, 0.15) is 0 Å². The Balaban J connectivity index is 2.33. The van der Waals surface area contributed by atoms with Crippen LogP contribution in [0.1, 0.15) is 26.3 Å². The molecule has 0 aliphatic carbocycles. The van der Waals surface area contributed by atoms with E-state index in [0.717, 1.165) is 12.1 Å². The summed E-state index contributed by atoms with van der Waals surface area (Å²) in [5.41, 5.74) is 2.34. The van der Waals surface area contributed by atoms with Crippen molar-refractivity contribution in [3.05, 3.63) is 29.8 Å². The molecule has 1 unspecified atom stereocenters. The van der Waals surface area contributed by atoms with E-state index < -0.39 is 6.10 Å². The third-order valence-corrected chi connectivity index (χ3v) is 2.50. The molecular formula is C14H23NO2. The average molecular weight is 237 g/mol. The maximum Gasteiger partial charge on any atom is 0.0945 e. The van der Waals surface area contributed by atoms with Gasteiger partial charge in [-0.25, -0.2) is 0 Å². The molecule has 17 heavy (non-hydrogen) atoms. The highest BCUT2D eigenvalue weighted by Gasteiger charge is 2.05. The molecule has 2 N–H and O–H groups in total. The molecule has 1 aromatic rings. The van der Waals surface area contributed by atoms with Crippen LogP contribution in [0.5, 0.6) is 0 Å². The lowest BCUT2D eigenvalue weighted by Crippen LogP contribution is -2.26. The minimum Gasteiger partial charge on any atom is -0.389 e. The number of hydrogen-bond donors (Lipinski definition) is 2. The smallest absolute Gasteiger partial charge is 0.0945 e. The van der Waals surface area contributed by atoms with Gasteiger partial charge in [-0.05, 0) is 38.0 Å². The number of nitrogens with one attached hydrogen (secondary N) is 1. The lowest BCUT2D eigenvalue weighted by Gasteiger charge is -2.15. The van der Waals surface area contributed by atoms with E-state index >= 15 is 0 Å². The van der Waals surface area contributed by atoms with Crippen molar-refractivity contribution in [3.63, 3.8) is 0 Å². The van der Waals surface area contributed by atoms with E-state index in [2.05, 4.69) is 24.4 Å². The zero-order valence-electron chi connectivity index (χ0n) is 10.9. The molecular weight excluding hydrogens is 214 g/mol. The second-order valence-corrected chi connectivity index (χ2v) is 4.47. The van der Waals surface area contributed by atoms with Crippen LogP contribution in [0.2, 0.25) is 0 Å². The van der Waals surface area contributed by atoms with Crippen molar-refractivity contribution < 1.29 is 9.84 Å². The molecule has 0 spiro atoms. The number of rotatable bonds is 7. The molecule has 0 fully saturated rings. The van der Waals surface area contributed by atoms with Gasteiger partial charge in [-0.2, -0.15) is 0 Å². The summed E-state index contributed by atoms with van der Waals surface area (Å²) >= 11 is 0. The molecule has 1 rings (SSSR count). The van der Waals surface area contributed by atoms with Gasteiger partial charge in [0.25, 0.3) is 0 Å². The van der Waals surface area contributed by atoms with Gasteiger partial charge in [0.15, 0.2) is 0 Å². The van der Waals surface area contributed by atoms with Gasteiger partial charge in [0.05, 0.1) is 18.8 Å². The Morgan fingerprint density at radius 1 is 1.35 bits per heavy atom. The van der Waals surface area contributed by atoms with Crippen LogP contribution in [0.4, 0.5) is 5.69 Å². The van der Waals surface area contributed by atoms with Gasteiger partial charge in [-0.15, -0.1) is 0 Å². The lowest BCUT2D eigenvalue weighted by molar-refractivity contribution is 0.0112. The van der Waals surface area contributed by atoms with Crippen molar-refractivity contribution in [1.29, 1.82) is 0 Å². The summed E-state index contributed by atoms with van der Waals surface area (Å²) in [4.78, 5) is 0. The quantitative estimate of drug-likeness (QED) is 0.765. The van der Waals surface area contributed by atoms with Crippen LogP contribution in [0.15, 0.2) is 24.3 Å². The Morgan fingerprint density at radius 2 is 2.12 bits per heavy atom. The van der Waals surface area contributed by atoms with Crippen LogP contribution in [-0.2, 0) is 11.2 Å². The summed E-state index contributed by atoms with van der Waals surface area (Å²) < 4.78 is 5.35. The van der Waals surface area contributed by atoms with Crippen LogP contribution in [0.3, 0.4) is 0 Å². The normalized spacial score (nSPS) is 12.8. The van der Waals surface area contributed by atoms with Crippen LogP contribution >= 0.6 is 0 Å². The van der Waals surface area contributed by atoms with Crippen LogP contribution in [0.25, 0.3) is 0 Å². The van der Waals surface area contributed by atoms with Crippen molar-refractivity contribution in [1.82, 2.24) is 0 Å². The molecule has 1 atom stereocenters. The van der Waals surface area contributed by atoms with E-state index in [1.54, 1.807) is 0 Å². The minimum absolute atomic E-state index is 0.160. The number of aliphatic hydroxyl groups excluding tert-OH is 1. The van der Waals surface area contributed by atoms with Crippen molar-refractivity contribution in [3.8, 4) is 0 Å². The predicted molar refractivity (Wildman–Crippen MR) is 71.4 cm³/mol. The number of aliphatic hydroxyl groups is 1. The SMILES string of the molecule is CCc1cccc(NCC(O)COC(C)C)c1. The van der Waals surface area contributed by atoms with Gasteiger partial charge in [-0.3, -0.25) is 0 Å². The number of aryl methyl sites for hydroxylation is 1. The zero-order valence-corrected chi connectivity index (χ0v) is 10.9. The topological polar surface area (TPSA) is 41.5 Å². The van der Waals surface area contributed by atoms with E-state index in [9.17, 15) is 5.11 Å². The molecule has 0 saturated carbocycles. The van der Waals surface area contributed by atoms with Crippen LogP contribution < -0.4 is 5.32 Å². The third kappa shape index (κ3) is 5.71. The molecule has 0 aliphatic rings. The molecule has 0 bridgehead atoms. The van der Waals surface area contributed by atoms with Crippen molar-refractivity contribution >= 4 is 5.69 Å². The number of ether oxygens (including phenoxy) is 1. The fourth-order valence-electron chi connectivity index (χ4n) is 1.50. The second kappa shape index (κ2) is 7.30. The Morgan fingerprint density at radius 3 is 2.76 bits per heavy atom. The largest absolute Gasteiger partial charge is 0.389 e. The highest BCUT2D eigenvalue weighted by atomic mass is 16.5. The fourth-order valence-corrected chi connectivity index (χ4v) is 1.50. The van der Waals surface area contributed by atoms with Crippen molar-refractivity contribution in [2.75, 3.05) is 18.5 Å². The fraction of sp³-hybridized carbons (Fsp3) is 0.571. The first-order valence-corrected chi connectivity index (χ1v) is 6.24. The number of benzene rings is 1. The standard InChI is InChI=1S/C14H23NO2/c1-4-12-6-5-7-13(8-12)15-9-14(16)10-17-11(2)3/h5-8,11,14-16H,4,9-10H2,1-3H3. The summed E-state index contributed by atoms with van der Waals surface area (Å²) in [5.74, 6) is 0. The minimum atomic E-state index is -0.470. The summed E-state index contributed by atoms with van der Waals surface area (Å²) in [6.45, 7) is 6.94. The highest BCUT2D eigenvalue weighted by Crippen LogP contribution is 2.10. The first-order chi connectivity index (χ1) is 8.11. The summed E-state index contributed by atoms with van der Waals surface area (Å²) in [6.07, 6.45) is 0.713. The maximum absolute atomic E-state index is 9.70. The zero-order chi connectivity index (χ0) is 12.7. The molecule has 1 aromatic carbocycles. The van der Waals surface area contributed by atoms with Gasteiger partial charge >= 0.3 is 0 Å². The van der Waals surface area contributed by atoms with Crippen molar-refractivity contribution in [2.24, 2.45) is 0 Å². The Kier molecular flexibility index (Phi) is 6.01. The summed E-state index contributed by atoms with van der Waals surface area (Å²) in [6, 6.07) is 8.24. The predicted octanol–water partition coefficient (Wildman–Crippen LogP) is 2.45. The average Bonchev–Trinajstić information content (AvgIpc) is 2.34. The molecule has 0 amide bonds. The van der Waals surface area contributed by atoms with Crippen LogP contribution in [0, 0.1) is 0 Å². The molecule has 3 nitrogen and oxygen atoms in total. The second-order valence-electron chi connectivity index (χ2n) is 4.47. The van der Waals surface area contributed by atoms with Crippen molar-refractivity contribution in [2.45, 2.75) is 39.4 Å². The first kappa shape index (κ1) is 14.0. The summed E-state index contributed by atoms with van der Waals surface area (Å²) in [5, 5.41) is 12.9.